The van der Waals surface area contributed by atoms with Crippen molar-refractivity contribution >= 4 is 34.5 Å². The van der Waals surface area contributed by atoms with Crippen LogP contribution in [0.1, 0.15) is 6.42 Å². The number of hydrogen-bond donors (Lipinski definition) is 3. The quantitative estimate of drug-likeness (QED) is 0.504. The van der Waals surface area contributed by atoms with Crippen LogP contribution in [0.25, 0.3) is 11.0 Å². The number of para-hydroxylation sites is 3. The zero-order valence-corrected chi connectivity index (χ0v) is 12.7. The molecule has 24 heavy (non-hydrogen) atoms. The molecule has 2 amide bonds. The highest BCUT2D eigenvalue weighted by atomic mass is 16.2. The summed E-state index contributed by atoms with van der Waals surface area (Å²) in [5.41, 5.74) is 8.06. The smallest absolute Gasteiger partial charge is 0.253 e. The van der Waals surface area contributed by atoms with Crippen LogP contribution in [0.15, 0.2) is 54.6 Å². The predicted molar refractivity (Wildman–Crippen MR) is 90.2 cm³/mol. The molecular weight excluding hydrogens is 306 g/mol. The lowest BCUT2D eigenvalue weighted by Crippen LogP contribution is -2.41. The number of anilines is 2. The van der Waals surface area contributed by atoms with Crippen molar-refractivity contribution in [3.05, 3.63) is 54.6 Å². The number of benzene rings is 2. The highest BCUT2D eigenvalue weighted by molar-refractivity contribution is 6.22. The molecule has 3 aromatic rings. The van der Waals surface area contributed by atoms with Gasteiger partial charge in [-0.05, 0) is 24.3 Å². The molecule has 3 N–H and O–H groups in total. The minimum Gasteiger partial charge on any atom is -0.323 e. The lowest BCUT2D eigenvalue weighted by Gasteiger charge is -2.15. The molecule has 1 aliphatic heterocycles. The SMILES string of the molecule is O=C1C[C@@H](NNc2nc3ccccc3[nH]2)C(=O)N1c1ccccc1. The van der Waals surface area contributed by atoms with Crippen LogP contribution in [0.3, 0.4) is 0 Å². The van der Waals surface area contributed by atoms with Crippen LogP contribution >= 0.6 is 0 Å². The predicted octanol–water partition coefficient (Wildman–Crippen LogP) is 1.81. The van der Waals surface area contributed by atoms with Gasteiger partial charge in [0.2, 0.25) is 11.9 Å². The third kappa shape index (κ3) is 2.50. The van der Waals surface area contributed by atoms with Gasteiger partial charge in [0.15, 0.2) is 0 Å². The summed E-state index contributed by atoms with van der Waals surface area (Å²) >= 11 is 0. The van der Waals surface area contributed by atoms with E-state index < -0.39 is 6.04 Å². The van der Waals surface area contributed by atoms with E-state index in [4.69, 9.17) is 0 Å². The number of imide groups is 1. The Labute approximate surface area is 137 Å². The fourth-order valence-electron chi connectivity index (χ4n) is 2.76. The summed E-state index contributed by atoms with van der Waals surface area (Å²) in [6.07, 6.45) is 0.0982. The Morgan fingerprint density at radius 2 is 1.79 bits per heavy atom. The molecule has 0 saturated carbocycles. The molecule has 7 heteroatoms. The van der Waals surface area contributed by atoms with Gasteiger partial charge in [-0.25, -0.2) is 15.3 Å². The molecule has 1 fully saturated rings. The zero-order chi connectivity index (χ0) is 16.5. The van der Waals surface area contributed by atoms with Crippen LogP contribution in [0.5, 0.6) is 0 Å². The average Bonchev–Trinajstić information content (AvgIpc) is 3.14. The summed E-state index contributed by atoms with van der Waals surface area (Å²) < 4.78 is 0. The largest absolute Gasteiger partial charge is 0.323 e. The van der Waals surface area contributed by atoms with E-state index >= 15 is 0 Å². The first kappa shape index (κ1) is 14.4. The zero-order valence-electron chi connectivity index (χ0n) is 12.7. The van der Waals surface area contributed by atoms with Crippen molar-refractivity contribution in [1.29, 1.82) is 0 Å². The van der Waals surface area contributed by atoms with Crippen molar-refractivity contribution in [1.82, 2.24) is 15.4 Å². The Morgan fingerprint density at radius 3 is 2.58 bits per heavy atom. The number of rotatable bonds is 4. The van der Waals surface area contributed by atoms with E-state index in [1.54, 1.807) is 24.3 Å². The Kier molecular flexibility index (Phi) is 3.47. The number of aromatic amines is 1. The molecule has 2 aromatic carbocycles. The van der Waals surface area contributed by atoms with Gasteiger partial charge in [-0.2, -0.15) is 0 Å². The van der Waals surface area contributed by atoms with Crippen molar-refractivity contribution in [2.24, 2.45) is 0 Å². The van der Waals surface area contributed by atoms with Crippen LogP contribution in [0.4, 0.5) is 11.6 Å². The summed E-state index contributed by atoms with van der Waals surface area (Å²) in [7, 11) is 0. The van der Waals surface area contributed by atoms with Gasteiger partial charge in [0.25, 0.3) is 5.91 Å². The number of imidazole rings is 1. The third-order valence-corrected chi connectivity index (χ3v) is 3.92. The molecular formula is C17H15N5O2. The molecule has 0 bridgehead atoms. The highest BCUT2D eigenvalue weighted by Crippen LogP contribution is 2.22. The van der Waals surface area contributed by atoms with Gasteiger partial charge in [0.05, 0.1) is 23.1 Å². The molecule has 120 valence electrons. The van der Waals surface area contributed by atoms with E-state index in [0.717, 1.165) is 11.0 Å². The molecule has 4 rings (SSSR count). The van der Waals surface area contributed by atoms with Crippen molar-refractivity contribution in [3.8, 4) is 0 Å². The maximum atomic E-state index is 12.5. The minimum absolute atomic E-state index is 0.0982. The molecule has 0 radical (unpaired) electrons. The molecule has 0 unspecified atom stereocenters. The van der Waals surface area contributed by atoms with Gasteiger partial charge < -0.3 is 4.98 Å². The standard InChI is InChI=1S/C17H15N5O2/c23-15-10-14(16(24)22(15)11-6-2-1-3-7-11)20-21-17-18-12-8-4-5-9-13(12)19-17/h1-9,14,20H,10H2,(H2,18,19,21)/t14-/m1/s1. The second-order valence-corrected chi connectivity index (χ2v) is 5.53. The molecule has 0 aliphatic carbocycles. The van der Waals surface area contributed by atoms with Crippen LogP contribution in [-0.4, -0.2) is 27.8 Å². The summed E-state index contributed by atoms with van der Waals surface area (Å²) in [5.74, 6) is -0.0143. The molecule has 1 aromatic heterocycles. The molecule has 1 atom stereocenters. The first-order valence-corrected chi connectivity index (χ1v) is 7.60. The topological polar surface area (TPSA) is 90.1 Å². The second kappa shape index (κ2) is 5.78. The number of hydrogen-bond acceptors (Lipinski definition) is 5. The Morgan fingerprint density at radius 1 is 1.04 bits per heavy atom. The van der Waals surface area contributed by atoms with Crippen LogP contribution in [0.2, 0.25) is 0 Å². The van der Waals surface area contributed by atoms with Gasteiger partial charge >= 0.3 is 0 Å². The van der Waals surface area contributed by atoms with E-state index in [1.807, 2.05) is 30.3 Å². The van der Waals surface area contributed by atoms with Gasteiger partial charge in [-0.15, -0.1) is 0 Å². The summed E-state index contributed by atoms with van der Waals surface area (Å²) in [5, 5.41) is 0. The number of hydrazine groups is 1. The van der Waals surface area contributed by atoms with E-state index in [-0.39, 0.29) is 18.2 Å². The molecule has 7 nitrogen and oxygen atoms in total. The van der Waals surface area contributed by atoms with Gasteiger partial charge in [-0.3, -0.25) is 15.0 Å². The van der Waals surface area contributed by atoms with Crippen LogP contribution < -0.4 is 15.8 Å². The Bertz CT molecular complexity index is 872. The van der Waals surface area contributed by atoms with Crippen LogP contribution in [0, 0.1) is 0 Å². The maximum absolute atomic E-state index is 12.5. The fraction of sp³-hybridized carbons (Fsp3) is 0.118. The number of amides is 2. The fourth-order valence-corrected chi connectivity index (χ4v) is 2.76. The molecule has 1 aliphatic rings. The number of fused-ring (bicyclic) bond motifs is 1. The van der Waals surface area contributed by atoms with Gasteiger partial charge in [0.1, 0.15) is 6.04 Å². The number of H-pyrrole nitrogens is 1. The average molecular weight is 321 g/mol. The van der Waals surface area contributed by atoms with Crippen molar-refractivity contribution in [2.45, 2.75) is 12.5 Å². The van der Waals surface area contributed by atoms with Gasteiger partial charge in [0, 0.05) is 0 Å². The summed E-state index contributed by atoms with van der Waals surface area (Å²) in [4.78, 5) is 33.3. The lowest BCUT2D eigenvalue weighted by atomic mass is 10.2. The minimum atomic E-state index is -0.633. The second-order valence-electron chi connectivity index (χ2n) is 5.53. The van der Waals surface area contributed by atoms with Gasteiger partial charge in [-0.1, -0.05) is 30.3 Å². The number of carbonyl (C=O) groups is 2. The normalized spacial score (nSPS) is 17.7. The van der Waals surface area contributed by atoms with Crippen molar-refractivity contribution in [2.75, 3.05) is 10.3 Å². The number of carbonyl (C=O) groups excluding carboxylic acids is 2. The third-order valence-electron chi connectivity index (χ3n) is 3.92. The van der Waals surface area contributed by atoms with E-state index in [9.17, 15) is 9.59 Å². The van der Waals surface area contributed by atoms with E-state index in [2.05, 4.69) is 20.8 Å². The Balaban J connectivity index is 1.47. The summed E-state index contributed by atoms with van der Waals surface area (Å²) in [6, 6.07) is 15.9. The van der Waals surface area contributed by atoms with Crippen LogP contribution in [-0.2, 0) is 9.59 Å². The lowest BCUT2D eigenvalue weighted by molar-refractivity contribution is -0.121. The monoisotopic (exact) mass is 321 g/mol. The van der Waals surface area contributed by atoms with E-state index in [1.165, 1.54) is 4.90 Å². The maximum Gasteiger partial charge on any atom is 0.253 e. The van der Waals surface area contributed by atoms with E-state index in [0.29, 0.717) is 11.6 Å². The van der Waals surface area contributed by atoms with Crippen molar-refractivity contribution in [3.63, 3.8) is 0 Å². The number of nitrogens with one attached hydrogen (secondary N) is 3. The molecule has 1 saturated heterocycles. The van der Waals surface area contributed by atoms with Crippen molar-refractivity contribution < 1.29 is 9.59 Å². The molecule has 0 spiro atoms. The first-order chi connectivity index (χ1) is 11.7. The number of nitrogens with zero attached hydrogens (tertiary/aromatic N) is 2. The number of aromatic nitrogens is 2. The summed E-state index contributed by atoms with van der Waals surface area (Å²) in [6.45, 7) is 0. The Hall–Kier alpha value is -3.19. The molecule has 2 heterocycles. The highest BCUT2D eigenvalue weighted by Gasteiger charge is 2.39. The first-order valence-electron chi connectivity index (χ1n) is 7.60.